The van der Waals surface area contributed by atoms with E-state index in [9.17, 15) is 4.39 Å². The minimum absolute atomic E-state index is 0.266. The predicted octanol–water partition coefficient (Wildman–Crippen LogP) is 2.59. The molecule has 26 heavy (non-hydrogen) atoms. The molecule has 0 bridgehead atoms. The minimum atomic E-state index is -0.266. The fourth-order valence-electron chi connectivity index (χ4n) is 2.46. The summed E-state index contributed by atoms with van der Waals surface area (Å²) in [4.78, 5) is 9.06. The fourth-order valence-corrected chi connectivity index (χ4v) is 2.46. The van der Waals surface area contributed by atoms with Crippen molar-refractivity contribution >= 4 is 17.0 Å². The van der Waals surface area contributed by atoms with Gasteiger partial charge in [0.05, 0.1) is 19.8 Å². The third-order valence-electron chi connectivity index (χ3n) is 3.75. The van der Waals surface area contributed by atoms with Crippen LogP contribution in [0.3, 0.4) is 0 Å². The topological polar surface area (TPSA) is 77.8 Å². The molecule has 7 nitrogen and oxygen atoms in total. The number of ether oxygens (including phenoxy) is 1. The number of benzene rings is 1. The number of nitrogens with one attached hydrogen (secondary N) is 1. The summed E-state index contributed by atoms with van der Waals surface area (Å²) in [5.41, 5.74) is 2.17. The second-order valence-electron chi connectivity index (χ2n) is 5.68. The highest BCUT2D eigenvalue weighted by Crippen LogP contribution is 2.19. The van der Waals surface area contributed by atoms with E-state index in [1.165, 1.54) is 12.1 Å². The van der Waals surface area contributed by atoms with Crippen molar-refractivity contribution in [3.05, 3.63) is 54.1 Å². The molecule has 8 heteroatoms. The van der Waals surface area contributed by atoms with Crippen molar-refractivity contribution in [3.8, 4) is 0 Å². The summed E-state index contributed by atoms with van der Waals surface area (Å²) < 4.78 is 20.2. The number of hydrogen-bond donors (Lipinski definition) is 1. The van der Waals surface area contributed by atoms with Crippen molar-refractivity contribution < 1.29 is 9.13 Å². The molecular formula is C18H21FN6O. The van der Waals surface area contributed by atoms with E-state index in [2.05, 4.69) is 32.2 Å². The number of aryl methyl sites for hydroxylation is 1. The third-order valence-corrected chi connectivity index (χ3v) is 3.75. The average molecular weight is 356 g/mol. The molecule has 0 spiro atoms. The van der Waals surface area contributed by atoms with Gasteiger partial charge in [0.25, 0.3) is 0 Å². The Balaban J connectivity index is 1.83. The van der Waals surface area contributed by atoms with E-state index >= 15 is 0 Å². The highest BCUT2D eigenvalue weighted by Gasteiger charge is 2.14. The van der Waals surface area contributed by atoms with E-state index in [1.807, 2.05) is 6.92 Å². The Labute approximate surface area is 150 Å². The number of nitrogens with zero attached hydrogens (tertiary/aromatic N) is 5. The zero-order chi connectivity index (χ0) is 18.4. The molecule has 0 fully saturated rings. The molecule has 0 unspecified atom stereocenters. The number of fused-ring (bicyclic) bond motifs is 1. The van der Waals surface area contributed by atoms with Crippen molar-refractivity contribution in [1.29, 1.82) is 0 Å². The van der Waals surface area contributed by atoms with Gasteiger partial charge < -0.3 is 10.1 Å². The molecule has 0 aliphatic heterocycles. The van der Waals surface area contributed by atoms with Gasteiger partial charge in [0.15, 0.2) is 17.0 Å². The summed E-state index contributed by atoms with van der Waals surface area (Å²) in [7, 11) is 0. The number of anilines is 1. The van der Waals surface area contributed by atoms with Crippen LogP contribution in [0.1, 0.15) is 18.3 Å². The SMILES string of the molecule is C=CCOCCNc1nc(CC)nc2c1nnn2Cc1ccc(F)cc1. The highest BCUT2D eigenvalue weighted by molar-refractivity contribution is 5.82. The van der Waals surface area contributed by atoms with E-state index in [0.29, 0.717) is 55.5 Å². The van der Waals surface area contributed by atoms with Gasteiger partial charge in [-0.05, 0) is 17.7 Å². The maximum atomic E-state index is 13.1. The van der Waals surface area contributed by atoms with E-state index in [0.717, 1.165) is 5.56 Å². The largest absolute Gasteiger partial charge is 0.376 e. The van der Waals surface area contributed by atoms with E-state index < -0.39 is 0 Å². The third kappa shape index (κ3) is 4.20. The van der Waals surface area contributed by atoms with Crippen LogP contribution in [0.4, 0.5) is 10.2 Å². The Bertz CT molecular complexity index is 877. The molecule has 0 saturated heterocycles. The lowest BCUT2D eigenvalue weighted by molar-refractivity contribution is 0.173. The van der Waals surface area contributed by atoms with Crippen LogP contribution in [0.5, 0.6) is 0 Å². The average Bonchev–Trinajstić information content (AvgIpc) is 3.06. The molecular weight excluding hydrogens is 335 g/mol. The van der Waals surface area contributed by atoms with Crippen molar-refractivity contribution in [2.24, 2.45) is 0 Å². The zero-order valence-electron chi connectivity index (χ0n) is 14.7. The maximum Gasteiger partial charge on any atom is 0.184 e. The van der Waals surface area contributed by atoms with E-state index in [-0.39, 0.29) is 5.82 Å². The minimum Gasteiger partial charge on any atom is -0.376 e. The van der Waals surface area contributed by atoms with Gasteiger partial charge in [-0.1, -0.05) is 30.3 Å². The first kappa shape index (κ1) is 17.9. The molecule has 1 aromatic carbocycles. The number of halogens is 1. The van der Waals surface area contributed by atoms with Gasteiger partial charge in [-0.3, -0.25) is 0 Å². The van der Waals surface area contributed by atoms with Gasteiger partial charge >= 0.3 is 0 Å². The molecule has 2 heterocycles. The number of hydrogen-bond acceptors (Lipinski definition) is 6. The van der Waals surface area contributed by atoms with Gasteiger partial charge in [-0.2, -0.15) is 0 Å². The summed E-state index contributed by atoms with van der Waals surface area (Å²) >= 11 is 0. The first-order valence-corrected chi connectivity index (χ1v) is 8.48. The van der Waals surface area contributed by atoms with Crippen molar-refractivity contribution in [3.63, 3.8) is 0 Å². The monoisotopic (exact) mass is 356 g/mol. The van der Waals surface area contributed by atoms with Gasteiger partial charge in [0.1, 0.15) is 11.6 Å². The summed E-state index contributed by atoms with van der Waals surface area (Å²) in [6, 6.07) is 6.30. The van der Waals surface area contributed by atoms with Crippen LogP contribution in [0.25, 0.3) is 11.2 Å². The van der Waals surface area contributed by atoms with Gasteiger partial charge in [0.2, 0.25) is 0 Å². The second-order valence-corrected chi connectivity index (χ2v) is 5.68. The standard InChI is InChI=1S/C18H21FN6O/c1-3-10-26-11-9-20-17-16-18(22-15(4-2)21-17)25(24-23-16)12-13-5-7-14(19)8-6-13/h3,5-8H,1,4,9-12H2,2H3,(H,20,21,22). The molecule has 0 aliphatic rings. The molecule has 3 rings (SSSR count). The van der Waals surface area contributed by atoms with Crippen molar-refractivity contribution in [2.45, 2.75) is 19.9 Å². The first-order valence-electron chi connectivity index (χ1n) is 8.48. The smallest absolute Gasteiger partial charge is 0.184 e. The lowest BCUT2D eigenvalue weighted by atomic mass is 10.2. The van der Waals surface area contributed by atoms with Crippen molar-refractivity contribution in [1.82, 2.24) is 25.0 Å². The van der Waals surface area contributed by atoms with Crippen LogP contribution in [0.2, 0.25) is 0 Å². The Hall–Kier alpha value is -2.87. The summed E-state index contributed by atoms with van der Waals surface area (Å²) in [6.45, 7) is 7.69. The predicted molar refractivity (Wildman–Crippen MR) is 97.5 cm³/mol. The van der Waals surface area contributed by atoms with Gasteiger partial charge in [-0.25, -0.2) is 19.0 Å². The molecule has 0 amide bonds. The fraction of sp³-hybridized carbons (Fsp3) is 0.333. The van der Waals surface area contributed by atoms with Crippen LogP contribution < -0.4 is 5.32 Å². The Morgan fingerprint density at radius 1 is 1.27 bits per heavy atom. The zero-order valence-corrected chi connectivity index (χ0v) is 14.7. The van der Waals surface area contributed by atoms with Gasteiger partial charge in [0, 0.05) is 13.0 Å². The first-order chi connectivity index (χ1) is 12.7. The molecule has 3 aromatic rings. The normalized spacial score (nSPS) is 11.0. The second kappa shape index (κ2) is 8.48. The molecule has 0 radical (unpaired) electrons. The summed E-state index contributed by atoms with van der Waals surface area (Å²) in [5.74, 6) is 1.08. The van der Waals surface area contributed by atoms with E-state index in [1.54, 1.807) is 22.9 Å². The highest BCUT2D eigenvalue weighted by atomic mass is 19.1. The Kier molecular flexibility index (Phi) is 5.85. The van der Waals surface area contributed by atoms with E-state index in [4.69, 9.17) is 4.74 Å². The van der Waals surface area contributed by atoms with Crippen LogP contribution in [-0.4, -0.2) is 44.7 Å². The molecule has 2 aromatic heterocycles. The summed E-state index contributed by atoms with van der Waals surface area (Å²) in [6.07, 6.45) is 2.40. The number of aromatic nitrogens is 5. The van der Waals surface area contributed by atoms with Crippen LogP contribution in [0, 0.1) is 5.82 Å². The van der Waals surface area contributed by atoms with Crippen molar-refractivity contribution in [2.75, 3.05) is 25.1 Å². The molecule has 0 aliphatic carbocycles. The van der Waals surface area contributed by atoms with Crippen LogP contribution in [0.15, 0.2) is 36.9 Å². The van der Waals surface area contributed by atoms with Crippen LogP contribution in [-0.2, 0) is 17.7 Å². The van der Waals surface area contributed by atoms with Crippen LogP contribution >= 0.6 is 0 Å². The Morgan fingerprint density at radius 2 is 2.08 bits per heavy atom. The molecule has 0 saturated carbocycles. The lowest BCUT2D eigenvalue weighted by Gasteiger charge is -2.08. The molecule has 1 N–H and O–H groups in total. The van der Waals surface area contributed by atoms with Gasteiger partial charge in [-0.15, -0.1) is 11.7 Å². The summed E-state index contributed by atoms with van der Waals surface area (Å²) in [5, 5.41) is 11.6. The molecule has 136 valence electrons. The Morgan fingerprint density at radius 3 is 2.81 bits per heavy atom. The number of rotatable bonds is 9. The molecule has 0 atom stereocenters. The lowest BCUT2D eigenvalue weighted by Crippen LogP contribution is -2.12. The maximum absolute atomic E-state index is 13.1. The quantitative estimate of drug-likeness (QED) is 0.469.